The number of hydrogen-bond donors (Lipinski definition) is 0. The van der Waals surface area contributed by atoms with Gasteiger partial charge in [-0.3, -0.25) is 4.98 Å². The number of hydrogen-bond acceptors (Lipinski definition) is 5. The highest BCUT2D eigenvalue weighted by atomic mass is 32.3. The molecule has 0 unspecified atom stereocenters. The lowest BCUT2D eigenvalue weighted by Gasteiger charge is -2.07. The highest BCUT2D eigenvalue weighted by molar-refractivity contribution is 7.81. The summed E-state index contributed by atoms with van der Waals surface area (Å²) in [7, 11) is -3.82. The molecular weight excluding hydrogens is 554 g/mol. The summed E-state index contributed by atoms with van der Waals surface area (Å²) >= 11 is 0. The average molecular weight is 626 g/mol. The molecular formula is C37H71NO4S. The van der Waals surface area contributed by atoms with Gasteiger partial charge in [-0.1, -0.05) is 187 Å². The molecule has 0 saturated carbocycles. The van der Waals surface area contributed by atoms with Crippen LogP contribution in [0.5, 0.6) is 0 Å². The third-order valence-electron chi connectivity index (χ3n) is 8.02. The van der Waals surface area contributed by atoms with Crippen molar-refractivity contribution in [2.24, 2.45) is 0 Å². The molecule has 0 aliphatic carbocycles. The second-order valence-electron chi connectivity index (χ2n) is 12.3. The molecule has 0 fully saturated rings. The first-order valence-corrected chi connectivity index (χ1v) is 19.8. The van der Waals surface area contributed by atoms with Crippen molar-refractivity contribution in [3.05, 3.63) is 30.6 Å². The van der Waals surface area contributed by atoms with Crippen LogP contribution in [0.1, 0.15) is 194 Å². The van der Waals surface area contributed by atoms with Crippen LogP contribution in [-0.2, 0) is 18.8 Å². The second-order valence-corrected chi connectivity index (χ2v) is 13.6. The maximum Gasteiger partial charge on any atom is 0.399 e. The van der Waals surface area contributed by atoms with Crippen molar-refractivity contribution in [3.8, 4) is 0 Å². The Morgan fingerprint density at radius 2 is 0.651 bits per heavy atom. The summed E-state index contributed by atoms with van der Waals surface area (Å²) in [5, 5.41) is 0. The summed E-state index contributed by atoms with van der Waals surface area (Å²) in [4.78, 5) is 3.78. The first-order valence-electron chi connectivity index (χ1n) is 18.5. The van der Waals surface area contributed by atoms with E-state index in [1.54, 1.807) is 12.4 Å². The van der Waals surface area contributed by atoms with Crippen molar-refractivity contribution in [2.45, 2.75) is 194 Å². The molecule has 0 aromatic carbocycles. The summed E-state index contributed by atoms with van der Waals surface area (Å²) in [6.45, 7) is 5.04. The first-order chi connectivity index (χ1) is 21.1. The number of pyridine rings is 1. The zero-order valence-electron chi connectivity index (χ0n) is 28.6. The van der Waals surface area contributed by atoms with Crippen LogP contribution in [0.15, 0.2) is 30.6 Å². The van der Waals surface area contributed by atoms with Crippen LogP contribution >= 0.6 is 0 Å². The summed E-state index contributed by atoms with van der Waals surface area (Å²) < 4.78 is 33.7. The molecule has 0 aliphatic rings. The lowest BCUT2D eigenvalue weighted by Crippen LogP contribution is -2.12. The van der Waals surface area contributed by atoms with Gasteiger partial charge in [0.05, 0.1) is 13.2 Å². The van der Waals surface area contributed by atoms with Crippen LogP contribution in [0.3, 0.4) is 0 Å². The van der Waals surface area contributed by atoms with E-state index < -0.39 is 10.4 Å². The predicted molar refractivity (Wildman–Crippen MR) is 186 cm³/mol. The van der Waals surface area contributed by atoms with Gasteiger partial charge in [-0.15, -0.1) is 0 Å². The maximum atomic E-state index is 11.9. The molecule has 0 atom stereocenters. The van der Waals surface area contributed by atoms with E-state index in [1.165, 1.54) is 154 Å². The van der Waals surface area contributed by atoms with Gasteiger partial charge in [0, 0.05) is 12.4 Å². The van der Waals surface area contributed by atoms with E-state index in [0.29, 0.717) is 0 Å². The van der Waals surface area contributed by atoms with Gasteiger partial charge in [0.15, 0.2) is 0 Å². The van der Waals surface area contributed by atoms with Crippen molar-refractivity contribution in [1.82, 2.24) is 4.98 Å². The van der Waals surface area contributed by atoms with Gasteiger partial charge in [-0.25, -0.2) is 8.37 Å². The van der Waals surface area contributed by atoms with E-state index in [-0.39, 0.29) is 13.2 Å². The van der Waals surface area contributed by atoms with E-state index in [1.807, 2.05) is 18.2 Å². The Kier molecular flexibility index (Phi) is 34.7. The summed E-state index contributed by atoms with van der Waals surface area (Å²) in [5.74, 6) is 0. The van der Waals surface area contributed by atoms with Gasteiger partial charge in [0.25, 0.3) is 0 Å². The molecule has 0 saturated heterocycles. The lowest BCUT2D eigenvalue weighted by atomic mass is 10.0. The highest BCUT2D eigenvalue weighted by Crippen LogP contribution is 2.15. The van der Waals surface area contributed by atoms with Gasteiger partial charge in [-0.2, -0.15) is 8.42 Å². The molecule has 0 amide bonds. The molecule has 1 aromatic rings. The van der Waals surface area contributed by atoms with Gasteiger partial charge in [0.2, 0.25) is 0 Å². The Morgan fingerprint density at radius 3 is 0.860 bits per heavy atom. The molecule has 5 nitrogen and oxygen atoms in total. The van der Waals surface area contributed by atoms with Crippen LogP contribution in [-0.4, -0.2) is 26.6 Å². The van der Waals surface area contributed by atoms with Crippen molar-refractivity contribution < 1.29 is 16.8 Å². The number of rotatable bonds is 32. The minimum absolute atomic E-state index is 0.249. The van der Waals surface area contributed by atoms with Crippen molar-refractivity contribution >= 4 is 10.4 Å². The largest absolute Gasteiger partial charge is 0.399 e. The molecule has 0 spiro atoms. The fourth-order valence-corrected chi connectivity index (χ4v) is 5.97. The molecule has 0 radical (unpaired) electrons. The Labute approximate surface area is 269 Å². The lowest BCUT2D eigenvalue weighted by molar-refractivity contribution is 0.208. The fourth-order valence-electron chi connectivity index (χ4n) is 5.26. The van der Waals surface area contributed by atoms with Gasteiger partial charge < -0.3 is 0 Å². The SMILES string of the molecule is CCCCCCCCCCCCCCCCOS(=O)(=O)OCCCCCCCCCCCCCCCC.c1ccncc1. The average Bonchev–Trinajstić information content (AvgIpc) is 3.02. The summed E-state index contributed by atoms with van der Waals surface area (Å²) in [6, 6.07) is 5.72. The smallest absolute Gasteiger partial charge is 0.265 e. The Balaban J connectivity index is 0.00000259. The van der Waals surface area contributed by atoms with Crippen LogP contribution in [0.25, 0.3) is 0 Å². The fraction of sp³-hybridized carbons (Fsp3) is 0.865. The molecule has 6 heteroatoms. The zero-order valence-corrected chi connectivity index (χ0v) is 29.4. The van der Waals surface area contributed by atoms with Gasteiger partial charge in [0.1, 0.15) is 0 Å². The van der Waals surface area contributed by atoms with Crippen molar-refractivity contribution in [1.29, 1.82) is 0 Å². The van der Waals surface area contributed by atoms with E-state index in [0.717, 1.165) is 25.7 Å². The van der Waals surface area contributed by atoms with Crippen LogP contribution < -0.4 is 0 Å². The molecule has 43 heavy (non-hydrogen) atoms. The molecule has 1 heterocycles. The van der Waals surface area contributed by atoms with Gasteiger partial charge >= 0.3 is 10.4 Å². The monoisotopic (exact) mass is 626 g/mol. The van der Waals surface area contributed by atoms with E-state index in [4.69, 9.17) is 8.37 Å². The molecule has 1 rings (SSSR count). The Morgan fingerprint density at radius 1 is 0.395 bits per heavy atom. The van der Waals surface area contributed by atoms with Crippen LogP contribution in [0, 0.1) is 0 Å². The molecule has 0 aliphatic heterocycles. The number of nitrogens with zero attached hydrogens (tertiary/aromatic N) is 1. The summed E-state index contributed by atoms with van der Waals surface area (Å²) in [6.07, 6.45) is 39.5. The molecule has 0 bridgehead atoms. The third-order valence-corrected chi connectivity index (χ3v) is 8.93. The predicted octanol–water partition coefficient (Wildman–Crippen LogP) is 12.3. The van der Waals surface area contributed by atoms with Crippen LogP contribution in [0.4, 0.5) is 0 Å². The molecule has 254 valence electrons. The normalized spacial score (nSPS) is 11.4. The summed E-state index contributed by atoms with van der Waals surface area (Å²) in [5.41, 5.74) is 0. The van der Waals surface area contributed by atoms with Crippen molar-refractivity contribution in [2.75, 3.05) is 13.2 Å². The second kappa shape index (κ2) is 35.5. The minimum Gasteiger partial charge on any atom is -0.265 e. The van der Waals surface area contributed by atoms with E-state index in [2.05, 4.69) is 18.8 Å². The van der Waals surface area contributed by atoms with Crippen LogP contribution in [0.2, 0.25) is 0 Å². The zero-order chi connectivity index (χ0) is 31.4. The topological polar surface area (TPSA) is 65.5 Å². The third kappa shape index (κ3) is 37.1. The maximum absolute atomic E-state index is 11.9. The van der Waals surface area contributed by atoms with Crippen molar-refractivity contribution in [3.63, 3.8) is 0 Å². The number of aromatic nitrogens is 1. The van der Waals surface area contributed by atoms with Gasteiger partial charge in [-0.05, 0) is 25.0 Å². The standard InChI is InChI=1S/C32H66O4S.C5H5N/c1-3-5-7-9-11-13-15-17-19-21-23-25-27-29-31-35-37(33,34)36-32-30-28-26-24-22-20-18-16-14-12-10-8-6-4-2;1-2-4-6-5-3-1/h3-32H2,1-2H3;1-5H. The van der Waals surface area contributed by atoms with E-state index in [9.17, 15) is 8.42 Å². The Bertz CT molecular complexity index is 663. The molecule has 1 aromatic heterocycles. The molecule has 0 N–H and O–H groups in total. The minimum atomic E-state index is -3.82. The highest BCUT2D eigenvalue weighted by Gasteiger charge is 2.11. The quantitative estimate of drug-likeness (QED) is 0.0745. The number of unbranched alkanes of at least 4 members (excludes halogenated alkanes) is 26. The first kappa shape index (κ1) is 42.0. The van der Waals surface area contributed by atoms with E-state index >= 15 is 0 Å². The Hall–Kier alpha value is -0.980.